The van der Waals surface area contributed by atoms with Crippen molar-refractivity contribution in [2.24, 2.45) is 0 Å². The number of nitrogens with zero attached hydrogens (tertiary/aromatic N) is 1. The average Bonchev–Trinajstić information content (AvgIpc) is 2.29. The molecule has 4 heteroatoms. The third kappa shape index (κ3) is 2.39. The zero-order valence-corrected chi connectivity index (χ0v) is 10.3. The van der Waals surface area contributed by atoms with E-state index in [1.54, 1.807) is 0 Å². The molecule has 0 bridgehead atoms. The lowest BCUT2D eigenvalue weighted by Gasteiger charge is -2.02. The molecule has 2 rings (SSSR count). The number of benzene rings is 1. The number of aromatic nitrogens is 1. The first-order valence-corrected chi connectivity index (χ1v) is 5.60. The van der Waals surface area contributed by atoms with Crippen molar-refractivity contribution in [3.05, 3.63) is 40.5 Å². The van der Waals surface area contributed by atoms with Crippen molar-refractivity contribution in [3.8, 4) is 0 Å². The third-order valence-corrected chi connectivity index (χ3v) is 2.76. The number of fused-ring (bicyclic) bond motifs is 1. The van der Waals surface area contributed by atoms with Gasteiger partial charge in [-0.25, -0.2) is 0 Å². The molecule has 2 aromatic rings. The summed E-state index contributed by atoms with van der Waals surface area (Å²) in [6, 6.07) is 9.62. The summed E-state index contributed by atoms with van der Waals surface area (Å²) in [4.78, 5) is 15.5. The number of esters is 1. The Morgan fingerprint density at radius 3 is 2.94 bits per heavy atom. The molecule has 0 saturated carbocycles. The van der Waals surface area contributed by atoms with Crippen molar-refractivity contribution in [2.45, 2.75) is 6.42 Å². The van der Waals surface area contributed by atoms with E-state index < -0.39 is 0 Å². The third-order valence-electron chi connectivity index (χ3n) is 2.26. The number of methoxy groups -OCH3 is 1. The van der Waals surface area contributed by atoms with Crippen LogP contribution in [-0.2, 0) is 16.0 Å². The van der Waals surface area contributed by atoms with E-state index in [0.717, 1.165) is 21.1 Å². The second kappa shape index (κ2) is 4.61. The molecule has 0 aliphatic heterocycles. The Morgan fingerprint density at radius 2 is 2.19 bits per heavy atom. The molecule has 1 aromatic heterocycles. The first kappa shape index (κ1) is 11.1. The topological polar surface area (TPSA) is 39.2 Å². The summed E-state index contributed by atoms with van der Waals surface area (Å²) in [5.74, 6) is -0.274. The van der Waals surface area contributed by atoms with Gasteiger partial charge in [0.15, 0.2) is 0 Å². The maximum absolute atomic E-state index is 11.1. The molecule has 0 amide bonds. The largest absolute Gasteiger partial charge is 0.469 e. The van der Waals surface area contributed by atoms with E-state index in [1.807, 2.05) is 30.3 Å². The lowest BCUT2D eigenvalue weighted by molar-refractivity contribution is -0.139. The highest BCUT2D eigenvalue weighted by Gasteiger charge is 2.05. The number of ether oxygens (including phenoxy) is 1. The molecule has 0 aliphatic carbocycles. The molecule has 1 heterocycles. The van der Waals surface area contributed by atoms with Gasteiger partial charge >= 0.3 is 5.97 Å². The minimum absolute atomic E-state index is 0.211. The van der Waals surface area contributed by atoms with Crippen LogP contribution < -0.4 is 0 Å². The van der Waals surface area contributed by atoms with Gasteiger partial charge in [-0.05, 0) is 24.3 Å². The van der Waals surface area contributed by atoms with E-state index in [9.17, 15) is 4.79 Å². The van der Waals surface area contributed by atoms with Gasteiger partial charge < -0.3 is 4.74 Å². The van der Waals surface area contributed by atoms with Crippen LogP contribution in [0.2, 0.25) is 0 Å². The van der Waals surface area contributed by atoms with E-state index in [0.29, 0.717) is 0 Å². The molecule has 0 N–H and O–H groups in total. The van der Waals surface area contributed by atoms with Crippen LogP contribution in [0.5, 0.6) is 0 Å². The summed E-state index contributed by atoms with van der Waals surface area (Å²) in [7, 11) is 1.38. The molecule has 0 radical (unpaired) electrons. The van der Waals surface area contributed by atoms with E-state index in [-0.39, 0.29) is 12.4 Å². The molecular formula is C12H10BrNO2. The van der Waals surface area contributed by atoms with Crippen molar-refractivity contribution in [1.82, 2.24) is 4.98 Å². The Kier molecular flexibility index (Phi) is 3.19. The van der Waals surface area contributed by atoms with Crippen molar-refractivity contribution in [1.29, 1.82) is 0 Å². The number of rotatable bonds is 2. The van der Waals surface area contributed by atoms with Crippen LogP contribution in [0.3, 0.4) is 0 Å². The van der Waals surface area contributed by atoms with E-state index in [4.69, 9.17) is 0 Å². The molecule has 0 aliphatic rings. The monoisotopic (exact) mass is 279 g/mol. The molecule has 0 saturated heterocycles. The lowest BCUT2D eigenvalue weighted by Crippen LogP contribution is -2.05. The second-order valence-corrected chi connectivity index (χ2v) is 4.31. The van der Waals surface area contributed by atoms with Crippen LogP contribution >= 0.6 is 15.9 Å². The maximum Gasteiger partial charge on any atom is 0.311 e. The summed E-state index contributed by atoms with van der Waals surface area (Å²) in [6.45, 7) is 0. The highest BCUT2D eigenvalue weighted by atomic mass is 79.9. The van der Waals surface area contributed by atoms with E-state index in [2.05, 4.69) is 25.7 Å². The fourth-order valence-electron chi connectivity index (χ4n) is 1.46. The first-order valence-electron chi connectivity index (χ1n) is 4.81. The van der Waals surface area contributed by atoms with Gasteiger partial charge in [-0.2, -0.15) is 0 Å². The normalized spacial score (nSPS) is 10.4. The highest BCUT2D eigenvalue weighted by molar-refractivity contribution is 9.10. The predicted octanol–water partition coefficient (Wildman–Crippen LogP) is 2.71. The maximum atomic E-state index is 11.1. The van der Waals surface area contributed by atoms with E-state index >= 15 is 0 Å². The van der Waals surface area contributed by atoms with Gasteiger partial charge in [0.25, 0.3) is 0 Å². The van der Waals surface area contributed by atoms with Crippen LogP contribution in [-0.4, -0.2) is 18.1 Å². The minimum atomic E-state index is -0.274. The number of carbonyl (C=O) groups is 1. The Bertz CT molecular complexity index is 540. The Labute approximate surface area is 102 Å². The summed E-state index contributed by atoms with van der Waals surface area (Å²) >= 11 is 3.40. The van der Waals surface area contributed by atoms with Crippen LogP contribution in [0, 0.1) is 0 Å². The molecule has 1 aromatic carbocycles. The number of hydrogen-bond donors (Lipinski definition) is 0. The molecule has 16 heavy (non-hydrogen) atoms. The molecule has 0 spiro atoms. The van der Waals surface area contributed by atoms with Crippen molar-refractivity contribution in [2.75, 3.05) is 7.11 Å². The second-order valence-electron chi connectivity index (χ2n) is 3.39. The number of hydrogen-bond acceptors (Lipinski definition) is 3. The van der Waals surface area contributed by atoms with Crippen molar-refractivity contribution in [3.63, 3.8) is 0 Å². The average molecular weight is 280 g/mol. The van der Waals surface area contributed by atoms with Crippen molar-refractivity contribution >= 4 is 32.8 Å². The van der Waals surface area contributed by atoms with Gasteiger partial charge in [-0.3, -0.25) is 9.78 Å². The first-order chi connectivity index (χ1) is 7.69. The minimum Gasteiger partial charge on any atom is -0.469 e. The van der Waals surface area contributed by atoms with Crippen molar-refractivity contribution < 1.29 is 9.53 Å². The Morgan fingerprint density at radius 1 is 1.38 bits per heavy atom. The lowest BCUT2D eigenvalue weighted by atomic mass is 10.2. The van der Waals surface area contributed by atoms with Gasteiger partial charge in [0.2, 0.25) is 0 Å². The van der Waals surface area contributed by atoms with Crippen LogP contribution in [0.25, 0.3) is 10.9 Å². The van der Waals surface area contributed by atoms with Crippen LogP contribution in [0.15, 0.2) is 34.8 Å². The molecular weight excluding hydrogens is 270 g/mol. The number of carbonyl (C=O) groups excluding carboxylic acids is 1. The highest BCUT2D eigenvalue weighted by Crippen LogP contribution is 2.18. The Hall–Kier alpha value is -1.42. The van der Waals surface area contributed by atoms with E-state index in [1.165, 1.54) is 7.11 Å². The van der Waals surface area contributed by atoms with Crippen LogP contribution in [0.1, 0.15) is 5.69 Å². The zero-order chi connectivity index (χ0) is 11.5. The number of pyridine rings is 1. The molecule has 82 valence electrons. The predicted molar refractivity (Wildman–Crippen MR) is 65.2 cm³/mol. The standard InChI is InChI=1S/C12H10BrNO2/c1-16-12(15)7-10-4-2-8-6-9(13)3-5-11(8)14-10/h2-6H,7H2,1H3. The summed E-state index contributed by atoms with van der Waals surface area (Å²) < 4.78 is 5.62. The molecule has 0 unspecified atom stereocenters. The molecule has 0 atom stereocenters. The summed E-state index contributed by atoms with van der Waals surface area (Å²) in [5.41, 5.74) is 1.60. The fourth-order valence-corrected chi connectivity index (χ4v) is 1.84. The molecule has 3 nitrogen and oxygen atoms in total. The Balaban J connectivity index is 2.37. The van der Waals surface area contributed by atoms with Gasteiger partial charge in [-0.1, -0.05) is 22.0 Å². The summed E-state index contributed by atoms with van der Waals surface area (Å²) in [6.07, 6.45) is 0.211. The van der Waals surface area contributed by atoms with Gasteiger partial charge in [0.1, 0.15) is 0 Å². The number of halogens is 1. The molecule has 0 fully saturated rings. The summed E-state index contributed by atoms with van der Waals surface area (Å²) in [5, 5.41) is 1.04. The van der Waals surface area contributed by atoms with Gasteiger partial charge in [-0.15, -0.1) is 0 Å². The smallest absolute Gasteiger partial charge is 0.311 e. The quantitative estimate of drug-likeness (QED) is 0.794. The van der Waals surface area contributed by atoms with Gasteiger partial charge in [0.05, 0.1) is 24.7 Å². The SMILES string of the molecule is COC(=O)Cc1ccc2cc(Br)ccc2n1. The van der Waals surface area contributed by atoms with Crippen LogP contribution in [0.4, 0.5) is 0 Å². The fraction of sp³-hybridized carbons (Fsp3) is 0.167. The zero-order valence-electron chi connectivity index (χ0n) is 8.74. The van der Waals surface area contributed by atoms with Gasteiger partial charge in [0, 0.05) is 9.86 Å².